The summed E-state index contributed by atoms with van der Waals surface area (Å²) in [6, 6.07) is 50.9. The van der Waals surface area contributed by atoms with Crippen molar-refractivity contribution in [3.05, 3.63) is 156 Å². The molecular weight excluding hydrogens is 520 g/mol. The Bertz CT molecular complexity index is 2480. The van der Waals surface area contributed by atoms with Gasteiger partial charge in [-0.1, -0.05) is 116 Å². The van der Waals surface area contributed by atoms with Gasteiger partial charge in [-0.2, -0.15) is 0 Å². The number of hydrogen-bond donors (Lipinski definition) is 0. The average Bonchev–Trinajstić information content (AvgIpc) is 3.56. The molecule has 0 bridgehead atoms. The van der Waals surface area contributed by atoms with Crippen molar-refractivity contribution in [3.63, 3.8) is 0 Å². The van der Waals surface area contributed by atoms with Crippen molar-refractivity contribution in [3.8, 4) is 11.4 Å². The smallest absolute Gasteiger partial charge is 0.0544 e. The molecule has 8 aromatic rings. The summed E-state index contributed by atoms with van der Waals surface area (Å²) in [5.41, 5.74) is 7.49. The summed E-state index contributed by atoms with van der Waals surface area (Å²) in [6.45, 7) is 2.36. The van der Waals surface area contributed by atoms with Crippen molar-refractivity contribution in [2.45, 2.75) is 12.8 Å². The lowest BCUT2D eigenvalue weighted by molar-refractivity contribution is 0.691. The van der Waals surface area contributed by atoms with Crippen LogP contribution >= 0.6 is 0 Å². The van der Waals surface area contributed by atoms with Crippen molar-refractivity contribution < 1.29 is 0 Å². The van der Waals surface area contributed by atoms with E-state index in [1.165, 1.54) is 71.0 Å². The Morgan fingerprint density at radius 1 is 0.465 bits per heavy atom. The number of aromatic nitrogens is 2. The highest BCUT2D eigenvalue weighted by molar-refractivity contribution is 6.09. The van der Waals surface area contributed by atoms with Gasteiger partial charge in [-0.05, 0) is 64.7 Å². The van der Waals surface area contributed by atoms with Crippen molar-refractivity contribution in [2.75, 3.05) is 0 Å². The summed E-state index contributed by atoms with van der Waals surface area (Å²) in [7, 11) is 0. The lowest BCUT2D eigenvalue weighted by Gasteiger charge is -2.22. The van der Waals surface area contributed by atoms with E-state index in [0.717, 1.165) is 0 Å². The molecule has 1 aliphatic carbocycles. The van der Waals surface area contributed by atoms with Gasteiger partial charge in [-0.25, -0.2) is 0 Å². The molecule has 6 aromatic carbocycles. The van der Waals surface area contributed by atoms with E-state index < -0.39 is 0 Å². The molecule has 2 heteroatoms. The van der Waals surface area contributed by atoms with Gasteiger partial charge in [-0.3, -0.25) is 0 Å². The molecule has 2 nitrogen and oxygen atoms in total. The van der Waals surface area contributed by atoms with E-state index in [1.54, 1.807) is 0 Å². The largest absolute Gasteiger partial charge is 0.310 e. The molecule has 0 N–H and O–H groups in total. The van der Waals surface area contributed by atoms with Gasteiger partial charge in [0.15, 0.2) is 0 Å². The molecule has 2 atom stereocenters. The molecule has 9 rings (SSSR count). The minimum Gasteiger partial charge on any atom is -0.310 e. The maximum absolute atomic E-state index is 2.52. The van der Waals surface area contributed by atoms with Crippen molar-refractivity contribution in [1.82, 2.24) is 9.13 Å². The van der Waals surface area contributed by atoms with Crippen LogP contribution < -0.4 is 10.6 Å². The van der Waals surface area contributed by atoms with Gasteiger partial charge in [-0.15, -0.1) is 0 Å². The van der Waals surface area contributed by atoms with Gasteiger partial charge in [0.05, 0.1) is 21.9 Å². The van der Waals surface area contributed by atoms with Crippen LogP contribution in [0.2, 0.25) is 0 Å². The number of para-hydroxylation sites is 3. The Morgan fingerprint density at radius 2 is 1.14 bits per heavy atom. The summed E-state index contributed by atoms with van der Waals surface area (Å²) < 4.78 is 4.88. The minimum atomic E-state index is 0.252. The van der Waals surface area contributed by atoms with E-state index in [2.05, 4.69) is 168 Å². The molecule has 1 aliphatic rings. The number of fused-ring (bicyclic) bond motifs is 7. The fourth-order valence-corrected chi connectivity index (χ4v) is 7.36. The van der Waals surface area contributed by atoms with E-state index in [9.17, 15) is 0 Å². The normalized spacial score (nSPS) is 16.4. The van der Waals surface area contributed by atoms with Crippen LogP contribution in [-0.2, 0) is 0 Å². The van der Waals surface area contributed by atoms with Crippen LogP contribution in [-0.4, -0.2) is 9.13 Å². The minimum absolute atomic E-state index is 0.252. The third-order valence-corrected chi connectivity index (χ3v) is 9.37. The Kier molecular flexibility index (Phi) is 5.27. The van der Waals surface area contributed by atoms with Gasteiger partial charge in [0.2, 0.25) is 0 Å². The predicted molar refractivity (Wildman–Crippen MR) is 182 cm³/mol. The maximum Gasteiger partial charge on any atom is 0.0544 e. The zero-order chi connectivity index (χ0) is 28.5. The lowest BCUT2D eigenvalue weighted by atomic mass is 9.83. The van der Waals surface area contributed by atoms with Crippen LogP contribution in [0.4, 0.5) is 0 Å². The Labute approximate surface area is 250 Å². The second kappa shape index (κ2) is 9.34. The first-order chi connectivity index (χ1) is 21.2. The van der Waals surface area contributed by atoms with Crippen molar-refractivity contribution in [2.24, 2.45) is 5.92 Å². The number of rotatable bonds is 3. The summed E-state index contributed by atoms with van der Waals surface area (Å²) in [6.07, 6.45) is 5.02. The van der Waals surface area contributed by atoms with Crippen LogP contribution in [0, 0.1) is 5.92 Å². The highest BCUT2D eigenvalue weighted by Crippen LogP contribution is 2.37. The van der Waals surface area contributed by atoms with Crippen LogP contribution in [0.15, 0.2) is 140 Å². The molecule has 2 unspecified atom stereocenters. The predicted octanol–water partition coefficient (Wildman–Crippen LogP) is 8.88. The first-order valence-electron chi connectivity index (χ1n) is 15.2. The van der Waals surface area contributed by atoms with E-state index in [0.29, 0.717) is 5.92 Å². The molecule has 0 saturated carbocycles. The highest BCUT2D eigenvalue weighted by atomic mass is 15.0. The third kappa shape index (κ3) is 3.66. The zero-order valence-corrected chi connectivity index (χ0v) is 24.0. The fourth-order valence-electron chi connectivity index (χ4n) is 7.36. The van der Waals surface area contributed by atoms with Crippen LogP contribution in [0.3, 0.4) is 0 Å². The van der Waals surface area contributed by atoms with Gasteiger partial charge in [0.25, 0.3) is 0 Å². The quantitative estimate of drug-likeness (QED) is 0.208. The SMILES string of the molecule is CC1C=c2c(n(-c3ccc4ccccc4c3)c3ccccc23)=CC1c1ccc2c3ccccc3n(-c3ccccc3)c2c1. The second-order valence-electron chi connectivity index (χ2n) is 11.9. The third-order valence-electron chi connectivity index (χ3n) is 9.37. The molecule has 0 fully saturated rings. The first-order valence-corrected chi connectivity index (χ1v) is 15.2. The zero-order valence-electron chi connectivity index (χ0n) is 24.0. The average molecular weight is 551 g/mol. The molecular formula is C41H30N2. The van der Waals surface area contributed by atoms with Gasteiger partial charge >= 0.3 is 0 Å². The van der Waals surface area contributed by atoms with Crippen LogP contribution in [0.25, 0.3) is 67.0 Å². The van der Waals surface area contributed by atoms with Gasteiger partial charge in [0, 0.05) is 38.7 Å². The second-order valence-corrected chi connectivity index (χ2v) is 11.9. The summed E-state index contributed by atoms with van der Waals surface area (Å²) in [5.74, 6) is 0.609. The van der Waals surface area contributed by atoms with E-state index in [1.807, 2.05) is 0 Å². The van der Waals surface area contributed by atoms with E-state index >= 15 is 0 Å². The molecule has 0 amide bonds. The monoisotopic (exact) mass is 550 g/mol. The number of benzene rings is 6. The molecule has 0 aliphatic heterocycles. The molecule has 0 saturated heterocycles. The molecule has 0 radical (unpaired) electrons. The van der Waals surface area contributed by atoms with Gasteiger partial charge in [0.1, 0.15) is 0 Å². The first kappa shape index (κ1) is 24.3. The Hall–Kier alpha value is -5.34. The maximum atomic E-state index is 2.52. The fraction of sp³-hybridized carbons (Fsp3) is 0.0732. The summed E-state index contributed by atoms with van der Waals surface area (Å²) in [4.78, 5) is 0. The van der Waals surface area contributed by atoms with Crippen LogP contribution in [0.5, 0.6) is 0 Å². The topological polar surface area (TPSA) is 9.86 Å². The lowest BCUT2D eigenvalue weighted by Crippen LogP contribution is -2.34. The van der Waals surface area contributed by atoms with Gasteiger partial charge < -0.3 is 9.13 Å². The van der Waals surface area contributed by atoms with E-state index in [-0.39, 0.29) is 5.92 Å². The van der Waals surface area contributed by atoms with Crippen molar-refractivity contribution in [1.29, 1.82) is 0 Å². The molecule has 2 aromatic heterocycles. The highest BCUT2D eigenvalue weighted by Gasteiger charge is 2.23. The molecule has 204 valence electrons. The number of nitrogens with zero attached hydrogens (tertiary/aromatic N) is 2. The molecule has 0 spiro atoms. The van der Waals surface area contributed by atoms with Crippen LogP contribution in [0.1, 0.15) is 18.4 Å². The summed E-state index contributed by atoms with van der Waals surface area (Å²) in [5, 5.41) is 9.04. The standard InChI is InChI=1S/C41H30N2/c1-27-23-37-34-16-8-10-18-39(34)43(32-21-19-28-11-5-6-12-29(28)24-32)41(37)26-36(27)30-20-22-35-33-15-7-9-17-38(33)42(40(35)25-30)31-13-3-2-4-14-31/h2-27,36H,1H3. The van der Waals surface area contributed by atoms with Crippen molar-refractivity contribution >= 4 is 55.6 Å². The number of hydrogen-bond acceptors (Lipinski definition) is 0. The Morgan fingerprint density at radius 3 is 1.98 bits per heavy atom. The van der Waals surface area contributed by atoms with E-state index in [4.69, 9.17) is 0 Å². The summed E-state index contributed by atoms with van der Waals surface area (Å²) >= 11 is 0. The molecule has 43 heavy (non-hydrogen) atoms. The molecule has 2 heterocycles. The Balaban J connectivity index is 1.29.